The number of carbonyl (C=O) groups is 1. The van der Waals surface area contributed by atoms with Crippen LogP contribution in [-0.2, 0) is 6.54 Å². The van der Waals surface area contributed by atoms with Crippen molar-refractivity contribution in [3.05, 3.63) is 75.7 Å². The monoisotopic (exact) mass is 483 g/mol. The van der Waals surface area contributed by atoms with Crippen LogP contribution in [0.1, 0.15) is 22.3 Å². The minimum atomic E-state index is -0.138. The first-order valence-corrected chi connectivity index (χ1v) is 10.7. The maximum Gasteiger partial charge on any atom is 0.252 e. The van der Waals surface area contributed by atoms with Gasteiger partial charge in [0.25, 0.3) is 5.91 Å². The zero-order valence-corrected chi connectivity index (χ0v) is 18.6. The second kappa shape index (κ2) is 8.93. The van der Waals surface area contributed by atoms with E-state index in [9.17, 15) is 4.79 Å². The fraction of sp³-hybridized carbons (Fsp3) is 0.182. The molecule has 0 saturated heterocycles. The van der Waals surface area contributed by atoms with Gasteiger partial charge in [0.05, 0.1) is 27.4 Å². The summed E-state index contributed by atoms with van der Waals surface area (Å²) in [6.07, 6.45) is 7.84. The van der Waals surface area contributed by atoms with Gasteiger partial charge >= 0.3 is 0 Å². The van der Waals surface area contributed by atoms with E-state index in [0.717, 1.165) is 39.5 Å². The van der Waals surface area contributed by atoms with Crippen LogP contribution in [0.25, 0.3) is 22.2 Å². The van der Waals surface area contributed by atoms with Gasteiger partial charge in [-0.1, -0.05) is 17.7 Å². The van der Waals surface area contributed by atoms with E-state index >= 15 is 0 Å². The fourth-order valence-corrected chi connectivity index (χ4v) is 3.74. The molecule has 0 fully saturated rings. The molecule has 1 N–H and O–H groups in total. The molecule has 1 amide bonds. The number of amides is 1. The van der Waals surface area contributed by atoms with E-state index in [-0.39, 0.29) is 5.91 Å². The van der Waals surface area contributed by atoms with E-state index in [2.05, 4.69) is 31.3 Å². The van der Waals surface area contributed by atoms with Crippen LogP contribution < -0.4 is 5.32 Å². The lowest BCUT2D eigenvalue weighted by molar-refractivity contribution is 0.0954. The SMILES string of the molecule is Cc1c(Cl)ccc2c(C(=O)NCCCn3cc(Br)cn3)cc(-c3ccncc3)nc12. The Morgan fingerprint density at radius 2 is 2.03 bits per heavy atom. The summed E-state index contributed by atoms with van der Waals surface area (Å²) in [4.78, 5) is 21.9. The number of hydrogen-bond donors (Lipinski definition) is 1. The van der Waals surface area contributed by atoms with Gasteiger partial charge in [-0.15, -0.1) is 0 Å². The third kappa shape index (κ3) is 4.37. The summed E-state index contributed by atoms with van der Waals surface area (Å²) in [5.41, 5.74) is 3.76. The molecule has 30 heavy (non-hydrogen) atoms. The standard InChI is InChI=1S/C22H19BrClN5O/c1-14-19(24)4-3-17-18(11-20(28-21(14)17)15-5-8-25-9-6-15)22(30)26-7-2-10-29-13-16(23)12-27-29/h3-6,8-9,11-13H,2,7,10H2,1H3,(H,26,30). The van der Waals surface area contributed by atoms with Crippen molar-refractivity contribution in [3.8, 4) is 11.3 Å². The number of nitrogens with zero attached hydrogens (tertiary/aromatic N) is 4. The number of halogens is 2. The summed E-state index contributed by atoms with van der Waals surface area (Å²) in [5, 5.41) is 8.65. The summed E-state index contributed by atoms with van der Waals surface area (Å²) in [5.74, 6) is -0.138. The predicted molar refractivity (Wildman–Crippen MR) is 122 cm³/mol. The van der Waals surface area contributed by atoms with Gasteiger partial charge < -0.3 is 5.32 Å². The normalized spacial score (nSPS) is 11.0. The zero-order valence-electron chi connectivity index (χ0n) is 16.3. The van der Waals surface area contributed by atoms with Gasteiger partial charge in [-0.05, 0) is 59.1 Å². The van der Waals surface area contributed by atoms with Gasteiger partial charge in [-0.25, -0.2) is 4.98 Å². The maximum atomic E-state index is 13.0. The van der Waals surface area contributed by atoms with Gasteiger partial charge in [0.1, 0.15) is 0 Å². The van der Waals surface area contributed by atoms with Crippen molar-refractivity contribution >= 4 is 44.3 Å². The molecule has 0 bridgehead atoms. The van der Waals surface area contributed by atoms with Gasteiger partial charge in [0, 0.05) is 47.7 Å². The summed E-state index contributed by atoms with van der Waals surface area (Å²) >= 11 is 9.70. The molecule has 0 aliphatic carbocycles. The molecule has 0 spiro atoms. The Morgan fingerprint density at radius 1 is 1.23 bits per heavy atom. The Balaban J connectivity index is 1.61. The minimum absolute atomic E-state index is 0.138. The predicted octanol–water partition coefficient (Wildman–Crippen LogP) is 5.04. The van der Waals surface area contributed by atoms with Crippen molar-refractivity contribution in [2.24, 2.45) is 0 Å². The average molecular weight is 485 g/mol. The highest BCUT2D eigenvalue weighted by atomic mass is 79.9. The molecule has 0 unspecified atom stereocenters. The molecule has 0 saturated carbocycles. The van der Waals surface area contributed by atoms with Crippen molar-refractivity contribution in [3.63, 3.8) is 0 Å². The van der Waals surface area contributed by atoms with Crippen molar-refractivity contribution in [2.45, 2.75) is 19.9 Å². The third-order valence-electron chi connectivity index (χ3n) is 4.84. The molecule has 8 heteroatoms. The molecule has 6 nitrogen and oxygen atoms in total. The lowest BCUT2D eigenvalue weighted by Crippen LogP contribution is -2.25. The number of hydrogen-bond acceptors (Lipinski definition) is 4. The van der Waals surface area contributed by atoms with Crippen LogP contribution in [0.15, 0.2) is 59.6 Å². The Hall–Kier alpha value is -2.77. The molecule has 0 aliphatic heterocycles. The molecule has 0 atom stereocenters. The molecule has 3 heterocycles. The number of pyridine rings is 2. The highest BCUT2D eigenvalue weighted by molar-refractivity contribution is 9.10. The Kier molecular flexibility index (Phi) is 6.11. The van der Waals surface area contributed by atoms with E-state index in [1.807, 2.05) is 42.1 Å². The molecular formula is C22H19BrClN5O. The molecule has 0 radical (unpaired) electrons. The van der Waals surface area contributed by atoms with Crippen molar-refractivity contribution in [2.75, 3.05) is 6.54 Å². The Bertz CT molecular complexity index is 1210. The van der Waals surface area contributed by atoms with Crippen molar-refractivity contribution in [1.29, 1.82) is 0 Å². The highest BCUT2D eigenvalue weighted by Gasteiger charge is 2.16. The second-order valence-electron chi connectivity index (χ2n) is 6.89. The van der Waals surface area contributed by atoms with Crippen LogP contribution in [0.4, 0.5) is 0 Å². The van der Waals surface area contributed by atoms with Gasteiger partial charge in [0.15, 0.2) is 0 Å². The first-order valence-electron chi connectivity index (χ1n) is 9.49. The molecule has 4 rings (SSSR count). The second-order valence-corrected chi connectivity index (χ2v) is 8.21. The van der Waals surface area contributed by atoms with Crippen molar-refractivity contribution < 1.29 is 4.79 Å². The van der Waals surface area contributed by atoms with Crippen LogP contribution in [0.2, 0.25) is 5.02 Å². The van der Waals surface area contributed by atoms with Crippen molar-refractivity contribution in [1.82, 2.24) is 25.1 Å². The lowest BCUT2D eigenvalue weighted by atomic mass is 10.0. The van der Waals surface area contributed by atoms with E-state index in [0.29, 0.717) is 22.8 Å². The quantitative estimate of drug-likeness (QED) is 0.389. The summed E-state index contributed by atoms with van der Waals surface area (Å²) < 4.78 is 2.78. The molecular weight excluding hydrogens is 466 g/mol. The number of aromatic nitrogens is 4. The minimum Gasteiger partial charge on any atom is -0.352 e. The summed E-state index contributed by atoms with van der Waals surface area (Å²) in [6.45, 7) is 3.18. The molecule has 1 aromatic carbocycles. The molecule has 0 aliphatic rings. The fourth-order valence-electron chi connectivity index (χ4n) is 3.26. The van der Waals surface area contributed by atoms with Crippen LogP contribution in [-0.4, -0.2) is 32.2 Å². The number of nitrogens with one attached hydrogen (secondary N) is 1. The first-order chi connectivity index (χ1) is 14.5. The molecule has 4 aromatic rings. The largest absolute Gasteiger partial charge is 0.352 e. The van der Waals surface area contributed by atoms with E-state index in [1.54, 1.807) is 24.7 Å². The Morgan fingerprint density at radius 3 is 2.77 bits per heavy atom. The first kappa shape index (κ1) is 20.5. The topological polar surface area (TPSA) is 72.7 Å². The van der Waals surface area contributed by atoms with E-state index in [4.69, 9.17) is 16.6 Å². The van der Waals surface area contributed by atoms with Crippen LogP contribution in [0, 0.1) is 6.92 Å². The summed E-state index contributed by atoms with van der Waals surface area (Å²) in [7, 11) is 0. The Labute approximate surface area is 187 Å². The number of carbonyl (C=O) groups excluding carboxylic acids is 1. The molecule has 3 aromatic heterocycles. The van der Waals surface area contributed by atoms with E-state index in [1.165, 1.54) is 0 Å². The number of aryl methyl sites for hydroxylation is 2. The number of fused-ring (bicyclic) bond motifs is 1. The maximum absolute atomic E-state index is 13.0. The average Bonchev–Trinajstić information content (AvgIpc) is 3.18. The lowest BCUT2D eigenvalue weighted by Gasteiger charge is -2.13. The molecule has 152 valence electrons. The third-order valence-corrected chi connectivity index (χ3v) is 5.66. The number of rotatable bonds is 6. The van der Waals surface area contributed by atoms with Gasteiger partial charge in [-0.3, -0.25) is 14.5 Å². The van der Waals surface area contributed by atoms with E-state index < -0.39 is 0 Å². The van der Waals surface area contributed by atoms with Crippen LogP contribution >= 0.6 is 27.5 Å². The summed E-state index contributed by atoms with van der Waals surface area (Å²) in [6, 6.07) is 9.23. The van der Waals surface area contributed by atoms with Gasteiger partial charge in [0.2, 0.25) is 0 Å². The highest BCUT2D eigenvalue weighted by Crippen LogP contribution is 2.30. The zero-order chi connectivity index (χ0) is 21.1. The number of benzene rings is 1. The van der Waals surface area contributed by atoms with Crippen LogP contribution in [0.5, 0.6) is 0 Å². The smallest absolute Gasteiger partial charge is 0.252 e. The van der Waals surface area contributed by atoms with Gasteiger partial charge in [-0.2, -0.15) is 5.10 Å². The van der Waals surface area contributed by atoms with Crippen LogP contribution in [0.3, 0.4) is 0 Å².